The number of aryl methyl sites for hydroxylation is 2. The monoisotopic (exact) mass is 193 g/mol. The molecule has 0 atom stereocenters. The lowest BCUT2D eigenvalue weighted by atomic mass is 10.1. The zero-order valence-corrected chi connectivity index (χ0v) is 8.28. The fourth-order valence-corrected chi connectivity index (χ4v) is 1.13. The van der Waals surface area contributed by atoms with Crippen molar-refractivity contribution in [2.45, 2.75) is 13.8 Å². The molecule has 1 aromatic carbocycles. The first-order chi connectivity index (χ1) is 6.50. The van der Waals surface area contributed by atoms with Gasteiger partial charge < -0.3 is 14.9 Å². The van der Waals surface area contributed by atoms with E-state index in [1.165, 1.54) is 0 Å². The molecule has 0 aliphatic carbocycles. The Labute approximate surface area is 82.9 Å². The summed E-state index contributed by atoms with van der Waals surface area (Å²) in [5.41, 5.74) is 2.91. The van der Waals surface area contributed by atoms with Crippen LogP contribution in [0.5, 0.6) is 0 Å². The van der Waals surface area contributed by atoms with E-state index in [-0.39, 0.29) is 6.54 Å². The molecule has 0 spiro atoms. The number of carbonyl (C=O) groups is 1. The summed E-state index contributed by atoms with van der Waals surface area (Å²) in [6.45, 7) is 3.63. The number of hydrogen-bond donors (Lipinski definition) is 1. The van der Waals surface area contributed by atoms with Crippen LogP contribution in [0.1, 0.15) is 11.1 Å². The summed E-state index contributed by atoms with van der Waals surface area (Å²) in [5, 5.41) is 11.5. The van der Waals surface area contributed by atoms with Gasteiger partial charge in [-0.2, -0.15) is 0 Å². The summed E-state index contributed by atoms with van der Waals surface area (Å²) in [4.78, 5) is 10.3. The molecule has 0 aliphatic rings. The van der Waals surface area contributed by atoms with E-state index in [1.54, 1.807) is 6.07 Å². The average Bonchev–Trinajstić information content (AvgIpc) is 2.08. The minimum Gasteiger partial charge on any atom is -0.548 e. The lowest BCUT2D eigenvalue weighted by Gasteiger charge is -2.19. The zero-order chi connectivity index (χ0) is 10.7. The molecule has 0 unspecified atom stereocenters. The number of carbonyl (C=O) groups excluding carboxylic acids is 1. The maximum absolute atomic E-state index is 10.3. The highest BCUT2D eigenvalue weighted by molar-refractivity contribution is 5.71. The van der Waals surface area contributed by atoms with E-state index in [0.717, 1.165) is 16.1 Å². The highest BCUT2D eigenvalue weighted by Gasteiger charge is 2.02. The van der Waals surface area contributed by atoms with Crippen molar-refractivity contribution >= 4 is 11.7 Å². The van der Waals surface area contributed by atoms with Crippen LogP contribution in [0.4, 0.5) is 5.69 Å². The molecule has 14 heavy (non-hydrogen) atoms. The van der Waals surface area contributed by atoms with Crippen LogP contribution in [0.15, 0.2) is 18.2 Å². The highest BCUT2D eigenvalue weighted by atomic mass is 16.4. The Kier molecular flexibility index (Phi) is 3.09. The van der Waals surface area contributed by atoms with Crippen molar-refractivity contribution < 1.29 is 9.90 Å². The molecule has 0 heterocycles. The van der Waals surface area contributed by atoms with Crippen LogP contribution in [0.25, 0.3) is 0 Å². The molecular formula is C10H13N2O2-. The van der Waals surface area contributed by atoms with Crippen molar-refractivity contribution in [2.24, 2.45) is 5.84 Å². The minimum absolute atomic E-state index is 0.303. The van der Waals surface area contributed by atoms with E-state index < -0.39 is 5.97 Å². The topological polar surface area (TPSA) is 69.4 Å². The van der Waals surface area contributed by atoms with Gasteiger partial charge in [-0.15, -0.1) is 0 Å². The Bertz CT molecular complexity index is 350. The second kappa shape index (κ2) is 4.11. The summed E-state index contributed by atoms with van der Waals surface area (Å²) >= 11 is 0. The van der Waals surface area contributed by atoms with E-state index >= 15 is 0 Å². The number of nitrogens with zero attached hydrogens (tertiary/aromatic N) is 1. The standard InChI is InChI=1S/C10H14N2O2/c1-7-3-4-9(5-8(7)2)12(11)6-10(13)14/h3-5H,6,11H2,1-2H3,(H,13,14)/p-1. The molecule has 0 aromatic heterocycles. The van der Waals surface area contributed by atoms with Gasteiger partial charge in [-0.05, 0) is 37.1 Å². The second-order valence-electron chi connectivity index (χ2n) is 3.27. The summed E-state index contributed by atoms with van der Waals surface area (Å²) in [6.07, 6.45) is 0. The molecule has 76 valence electrons. The Balaban J connectivity index is 2.85. The van der Waals surface area contributed by atoms with Gasteiger partial charge in [0.05, 0.1) is 18.2 Å². The molecule has 0 saturated carbocycles. The van der Waals surface area contributed by atoms with E-state index in [2.05, 4.69) is 0 Å². The van der Waals surface area contributed by atoms with E-state index in [9.17, 15) is 9.90 Å². The van der Waals surface area contributed by atoms with Gasteiger partial charge in [0.2, 0.25) is 0 Å². The molecule has 0 aliphatic heterocycles. The Morgan fingerprint density at radius 3 is 2.57 bits per heavy atom. The first kappa shape index (κ1) is 10.5. The Morgan fingerprint density at radius 2 is 2.07 bits per heavy atom. The molecule has 1 rings (SSSR count). The van der Waals surface area contributed by atoms with Crippen LogP contribution < -0.4 is 16.0 Å². The van der Waals surface area contributed by atoms with Gasteiger partial charge in [0, 0.05) is 0 Å². The quantitative estimate of drug-likeness (QED) is 0.530. The van der Waals surface area contributed by atoms with Crippen molar-refractivity contribution in [3.63, 3.8) is 0 Å². The first-order valence-electron chi connectivity index (χ1n) is 4.30. The van der Waals surface area contributed by atoms with Gasteiger partial charge >= 0.3 is 0 Å². The fraction of sp³-hybridized carbons (Fsp3) is 0.300. The van der Waals surface area contributed by atoms with Crippen LogP contribution >= 0.6 is 0 Å². The van der Waals surface area contributed by atoms with Gasteiger partial charge in [-0.3, -0.25) is 0 Å². The second-order valence-corrected chi connectivity index (χ2v) is 3.27. The summed E-state index contributed by atoms with van der Waals surface area (Å²) in [5.74, 6) is 4.34. The predicted octanol–water partition coefficient (Wildman–Crippen LogP) is -0.267. The lowest BCUT2D eigenvalue weighted by Crippen LogP contribution is -2.42. The number of hydrogen-bond acceptors (Lipinski definition) is 4. The van der Waals surface area contributed by atoms with E-state index in [4.69, 9.17) is 5.84 Å². The van der Waals surface area contributed by atoms with Crippen LogP contribution in [0, 0.1) is 13.8 Å². The molecule has 0 fully saturated rings. The predicted molar refractivity (Wildman–Crippen MR) is 52.5 cm³/mol. The van der Waals surface area contributed by atoms with Crippen molar-refractivity contribution in [3.05, 3.63) is 29.3 Å². The molecular weight excluding hydrogens is 180 g/mol. The number of carboxylic acid groups (broad SMARTS) is 1. The van der Waals surface area contributed by atoms with Crippen molar-refractivity contribution in [3.8, 4) is 0 Å². The molecule has 0 bridgehead atoms. The van der Waals surface area contributed by atoms with Crippen molar-refractivity contribution in [2.75, 3.05) is 11.6 Å². The van der Waals surface area contributed by atoms with Gasteiger partial charge in [-0.25, -0.2) is 5.84 Å². The van der Waals surface area contributed by atoms with Crippen LogP contribution in [-0.2, 0) is 4.79 Å². The molecule has 4 nitrogen and oxygen atoms in total. The molecule has 1 aromatic rings. The number of hydrazine groups is 1. The van der Waals surface area contributed by atoms with Crippen LogP contribution in [0.2, 0.25) is 0 Å². The normalized spacial score (nSPS) is 9.93. The van der Waals surface area contributed by atoms with Gasteiger partial charge in [0.1, 0.15) is 0 Å². The summed E-state index contributed by atoms with van der Waals surface area (Å²) in [7, 11) is 0. The molecule has 4 heteroatoms. The third-order valence-electron chi connectivity index (χ3n) is 2.12. The van der Waals surface area contributed by atoms with Gasteiger partial charge in [0.15, 0.2) is 0 Å². The number of aliphatic carboxylic acids is 1. The fourth-order valence-electron chi connectivity index (χ4n) is 1.13. The largest absolute Gasteiger partial charge is 0.548 e. The van der Waals surface area contributed by atoms with Crippen molar-refractivity contribution in [1.29, 1.82) is 0 Å². The Hall–Kier alpha value is -1.55. The smallest absolute Gasteiger partial charge is 0.0737 e. The Morgan fingerprint density at radius 1 is 1.43 bits per heavy atom. The third-order valence-corrected chi connectivity index (χ3v) is 2.12. The van der Waals surface area contributed by atoms with E-state index in [1.807, 2.05) is 26.0 Å². The number of anilines is 1. The first-order valence-corrected chi connectivity index (χ1v) is 4.30. The molecule has 0 amide bonds. The van der Waals surface area contributed by atoms with E-state index in [0.29, 0.717) is 5.69 Å². The van der Waals surface area contributed by atoms with Crippen molar-refractivity contribution in [1.82, 2.24) is 0 Å². The number of nitrogens with two attached hydrogens (primary N) is 1. The van der Waals surface area contributed by atoms with Crippen LogP contribution in [-0.4, -0.2) is 12.5 Å². The molecule has 2 N–H and O–H groups in total. The maximum Gasteiger partial charge on any atom is 0.0737 e. The summed E-state index contributed by atoms with van der Waals surface area (Å²) < 4.78 is 0. The summed E-state index contributed by atoms with van der Waals surface area (Å²) in [6, 6.07) is 5.53. The molecule has 0 saturated heterocycles. The number of rotatable bonds is 3. The minimum atomic E-state index is -1.19. The number of benzene rings is 1. The average molecular weight is 193 g/mol. The zero-order valence-electron chi connectivity index (χ0n) is 8.28. The maximum atomic E-state index is 10.3. The molecule has 0 radical (unpaired) electrons. The van der Waals surface area contributed by atoms with Gasteiger partial charge in [-0.1, -0.05) is 6.07 Å². The number of carboxylic acids is 1. The lowest BCUT2D eigenvalue weighted by molar-refractivity contribution is -0.303. The van der Waals surface area contributed by atoms with Crippen LogP contribution in [0.3, 0.4) is 0 Å². The highest BCUT2D eigenvalue weighted by Crippen LogP contribution is 2.15. The third kappa shape index (κ3) is 2.47. The van der Waals surface area contributed by atoms with Gasteiger partial charge in [0.25, 0.3) is 0 Å². The SMILES string of the molecule is Cc1ccc(N(N)CC(=O)[O-])cc1C.